The maximum atomic E-state index is 11.5. The molecule has 1 rings (SSSR count). The first-order valence-corrected chi connectivity index (χ1v) is 6.13. The van der Waals surface area contributed by atoms with Gasteiger partial charge >= 0.3 is 5.97 Å². The van der Waals surface area contributed by atoms with Gasteiger partial charge in [0.1, 0.15) is 12.4 Å². The summed E-state index contributed by atoms with van der Waals surface area (Å²) in [5.41, 5.74) is 5.49. The Bertz CT molecular complexity index is 443. The van der Waals surface area contributed by atoms with Crippen molar-refractivity contribution in [2.75, 3.05) is 18.1 Å². The number of anilines is 1. The van der Waals surface area contributed by atoms with Gasteiger partial charge in [0, 0.05) is 12.2 Å². The Balaban J connectivity index is 2.87. The lowest BCUT2D eigenvalue weighted by molar-refractivity contribution is -0.141. The second-order valence-corrected chi connectivity index (χ2v) is 4.30. The van der Waals surface area contributed by atoms with Gasteiger partial charge in [-0.15, -0.1) is 0 Å². The maximum absolute atomic E-state index is 11.5. The highest BCUT2D eigenvalue weighted by atomic mass is 16.5. The maximum Gasteiger partial charge on any atom is 0.325 e. The fourth-order valence-corrected chi connectivity index (χ4v) is 1.58. The van der Waals surface area contributed by atoms with E-state index in [1.165, 1.54) is 6.20 Å². The van der Waals surface area contributed by atoms with Gasteiger partial charge in [0.05, 0.1) is 12.2 Å². The van der Waals surface area contributed by atoms with Crippen LogP contribution < -0.4 is 10.6 Å². The minimum absolute atomic E-state index is 0.0799. The van der Waals surface area contributed by atoms with Crippen LogP contribution in [0.15, 0.2) is 18.3 Å². The molecular formula is C13H19N3O3. The van der Waals surface area contributed by atoms with E-state index in [0.29, 0.717) is 18.0 Å². The molecule has 1 amide bonds. The van der Waals surface area contributed by atoms with Crippen molar-refractivity contribution >= 4 is 17.7 Å². The van der Waals surface area contributed by atoms with Gasteiger partial charge in [-0.3, -0.25) is 9.59 Å². The Morgan fingerprint density at radius 1 is 1.42 bits per heavy atom. The third-order valence-electron chi connectivity index (χ3n) is 2.55. The van der Waals surface area contributed by atoms with Gasteiger partial charge < -0.3 is 15.4 Å². The van der Waals surface area contributed by atoms with E-state index in [9.17, 15) is 9.59 Å². The Hall–Kier alpha value is -2.11. The van der Waals surface area contributed by atoms with E-state index in [0.717, 1.165) is 0 Å². The SMILES string of the molecule is CCOC(=O)CN(c1ccc(C(N)=O)cn1)C(C)C. The summed E-state index contributed by atoms with van der Waals surface area (Å²) in [6.07, 6.45) is 1.40. The van der Waals surface area contributed by atoms with Gasteiger partial charge in [0.15, 0.2) is 0 Å². The van der Waals surface area contributed by atoms with Gasteiger partial charge in [-0.1, -0.05) is 0 Å². The van der Waals surface area contributed by atoms with E-state index < -0.39 is 5.91 Å². The lowest BCUT2D eigenvalue weighted by atomic mass is 10.2. The van der Waals surface area contributed by atoms with E-state index in [1.54, 1.807) is 24.0 Å². The summed E-state index contributed by atoms with van der Waals surface area (Å²) in [6, 6.07) is 3.33. The molecule has 0 atom stereocenters. The van der Waals surface area contributed by atoms with Crippen molar-refractivity contribution in [1.82, 2.24) is 4.98 Å². The molecular weight excluding hydrogens is 246 g/mol. The zero-order valence-electron chi connectivity index (χ0n) is 11.4. The zero-order chi connectivity index (χ0) is 14.4. The number of nitrogens with zero attached hydrogens (tertiary/aromatic N) is 2. The summed E-state index contributed by atoms with van der Waals surface area (Å²) in [5, 5.41) is 0. The topological polar surface area (TPSA) is 85.5 Å². The highest BCUT2D eigenvalue weighted by Gasteiger charge is 2.17. The van der Waals surface area contributed by atoms with Crippen LogP contribution in [0.1, 0.15) is 31.1 Å². The van der Waals surface area contributed by atoms with Crippen molar-refractivity contribution < 1.29 is 14.3 Å². The van der Waals surface area contributed by atoms with Crippen LogP contribution in [-0.2, 0) is 9.53 Å². The fraction of sp³-hybridized carbons (Fsp3) is 0.462. The zero-order valence-corrected chi connectivity index (χ0v) is 11.4. The first kappa shape index (κ1) is 14.9. The van der Waals surface area contributed by atoms with E-state index in [-0.39, 0.29) is 18.6 Å². The smallest absolute Gasteiger partial charge is 0.325 e. The van der Waals surface area contributed by atoms with Crippen LogP contribution in [0.3, 0.4) is 0 Å². The number of aromatic nitrogens is 1. The van der Waals surface area contributed by atoms with E-state index in [1.807, 2.05) is 13.8 Å². The Kier molecular flexibility index (Phi) is 5.29. The van der Waals surface area contributed by atoms with Crippen LogP contribution in [0.2, 0.25) is 0 Å². The third kappa shape index (κ3) is 4.24. The van der Waals surface area contributed by atoms with Crippen LogP contribution in [0.4, 0.5) is 5.82 Å². The number of pyridine rings is 1. The minimum Gasteiger partial charge on any atom is -0.465 e. The monoisotopic (exact) mass is 265 g/mol. The molecule has 0 aliphatic heterocycles. The van der Waals surface area contributed by atoms with Crippen molar-refractivity contribution in [2.45, 2.75) is 26.8 Å². The van der Waals surface area contributed by atoms with Gasteiger partial charge in [0.2, 0.25) is 5.91 Å². The average molecular weight is 265 g/mol. The minimum atomic E-state index is -0.527. The van der Waals surface area contributed by atoms with Crippen LogP contribution in [-0.4, -0.2) is 36.1 Å². The van der Waals surface area contributed by atoms with Crippen LogP contribution in [0, 0.1) is 0 Å². The quantitative estimate of drug-likeness (QED) is 0.774. The number of nitrogens with two attached hydrogens (primary N) is 1. The van der Waals surface area contributed by atoms with Crippen molar-refractivity contribution in [1.29, 1.82) is 0 Å². The van der Waals surface area contributed by atoms with Gasteiger partial charge in [-0.2, -0.15) is 0 Å². The summed E-state index contributed by atoms with van der Waals surface area (Å²) < 4.78 is 4.92. The van der Waals surface area contributed by atoms with Gasteiger partial charge in [0.25, 0.3) is 0 Å². The van der Waals surface area contributed by atoms with E-state index in [2.05, 4.69) is 4.98 Å². The second kappa shape index (κ2) is 6.72. The lowest BCUT2D eigenvalue weighted by Crippen LogP contribution is -2.37. The molecule has 0 unspecified atom stereocenters. The average Bonchev–Trinajstić information content (AvgIpc) is 2.36. The molecule has 19 heavy (non-hydrogen) atoms. The van der Waals surface area contributed by atoms with E-state index >= 15 is 0 Å². The first-order valence-electron chi connectivity index (χ1n) is 6.13. The number of amides is 1. The largest absolute Gasteiger partial charge is 0.465 e. The summed E-state index contributed by atoms with van der Waals surface area (Å²) in [4.78, 5) is 28.5. The van der Waals surface area contributed by atoms with Crippen molar-refractivity contribution in [3.63, 3.8) is 0 Å². The molecule has 1 aromatic rings. The van der Waals surface area contributed by atoms with Crippen molar-refractivity contribution in [3.8, 4) is 0 Å². The number of carbonyl (C=O) groups is 2. The molecule has 0 spiro atoms. The highest BCUT2D eigenvalue weighted by Crippen LogP contribution is 2.14. The molecule has 0 saturated carbocycles. The Labute approximate surface area is 112 Å². The number of hydrogen-bond donors (Lipinski definition) is 1. The molecule has 1 aromatic heterocycles. The number of ether oxygens (including phenoxy) is 1. The summed E-state index contributed by atoms with van der Waals surface area (Å²) in [5.74, 6) is -0.231. The lowest BCUT2D eigenvalue weighted by Gasteiger charge is -2.26. The molecule has 6 nitrogen and oxygen atoms in total. The molecule has 0 saturated heterocycles. The van der Waals surface area contributed by atoms with E-state index in [4.69, 9.17) is 10.5 Å². The normalized spacial score (nSPS) is 10.3. The fourth-order valence-electron chi connectivity index (χ4n) is 1.58. The summed E-state index contributed by atoms with van der Waals surface area (Å²) >= 11 is 0. The van der Waals surface area contributed by atoms with Crippen LogP contribution in [0.25, 0.3) is 0 Å². The molecule has 0 aromatic carbocycles. The molecule has 0 radical (unpaired) electrons. The van der Waals surface area contributed by atoms with Crippen LogP contribution in [0.5, 0.6) is 0 Å². The van der Waals surface area contributed by atoms with Crippen LogP contribution >= 0.6 is 0 Å². The first-order chi connectivity index (χ1) is 8.95. The molecule has 0 aliphatic carbocycles. The Morgan fingerprint density at radius 2 is 2.11 bits per heavy atom. The summed E-state index contributed by atoms with van der Waals surface area (Å²) in [7, 11) is 0. The Morgan fingerprint density at radius 3 is 2.53 bits per heavy atom. The third-order valence-corrected chi connectivity index (χ3v) is 2.55. The van der Waals surface area contributed by atoms with Gasteiger partial charge in [-0.05, 0) is 32.9 Å². The number of esters is 1. The van der Waals surface area contributed by atoms with Crippen molar-refractivity contribution in [2.24, 2.45) is 5.73 Å². The van der Waals surface area contributed by atoms with Gasteiger partial charge in [-0.25, -0.2) is 4.98 Å². The standard InChI is InChI=1S/C13H19N3O3/c1-4-19-12(17)8-16(9(2)3)11-6-5-10(7-15-11)13(14)18/h5-7,9H,4,8H2,1-3H3,(H2,14,18). The number of carbonyl (C=O) groups excluding carboxylic acids is 2. The molecule has 0 fully saturated rings. The number of rotatable bonds is 6. The van der Waals surface area contributed by atoms with Crippen molar-refractivity contribution in [3.05, 3.63) is 23.9 Å². The molecule has 1 heterocycles. The predicted molar refractivity (Wildman–Crippen MR) is 71.9 cm³/mol. The summed E-state index contributed by atoms with van der Waals surface area (Å²) in [6.45, 7) is 6.12. The molecule has 104 valence electrons. The molecule has 6 heteroatoms. The predicted octanol–water partition coefficient (Wildman–Crippen LogP) is 0.958. The molecule has 0 bridgehead atoms. The highest BCUT2D eigenvalue weighted by molar-refractivity contribution is 5.92. The molecule has 0 aliphatic rings. The number of hydrogen-bond acceptors (Lipinski definition) is 5. The second-order valence-electron chi connectivity index (χ2n) is 4.30. The molecule has 2 N–H and O–H groups in total. The number of primary amides is 1.